The first-order valence-electron chi connectivity index (χ1n) is 12.1. The summed E-state index contributed by atoms with van der Waals surface area (Å²) in [5.74, 6) is 0. The van der Waals surface area contributed by atoms with Crippen LogP contribution < -0.4 is 0 Å². The van der Waals surface area contributed by atoms with Gasteiger partial charge < -0.3 is 0 Å². The Morgan fingerprint density at radius 3 is 1.06 bits per heavy atom. The second-order valence-corrected chi connectivity index (χ2v) is 16.1. The molecule has 36 heavy (non-hydrogen) atoms. The van der Waals surface area contributed by atoms with Crippen LogP contribution in [0, 0.1) is 13.8 Å². The van der Waals surface area contributed by atoms with Crippen LogP contribution in [0.2, 0.25) is 0 Å². The number of aryl methyl sites for hydroxylation is 6. The standard InChI is InChI=1S/C30H26S6/c1-19-3-5-21(31-19)6-7-22-10-14-26(33-22)27-15-11-23(34-27)8-9-24-12-16-28(35-24)30-18-17-29(36-30)25-13-4-20(2)32-25/h3-5,10-18H,6-9H2,1-2H3. The molecule has 0 radical (unpaired) electrons. The van der Waals surface area contributed by atoms with E-state index in [0.717, 1.165) is 25.7 Å². The van der Waals surface area contributed by atoms with Gasteiger partial charge in [-0.05, 0) is 112 Å². The number of rotatable bonds is 9. The van der Waals surface area contributed by atoms with E-state index in [1.165, 1.54) is 58.5 Å². The molecule has 6 rings (SSSR count). The van der Waals surface area contributed by atoms with Crippen LogP contribution in [0.25, 0.3) is 29.3 Å². The van der Waals surface area contributed by atoms with Gasteiger partial charge in [-0.2, -0.15) is 0 Å². The summed E-state index contributed by atoms with van der Waals surface area (Å²) in [6.07, 6.45) is 4.52. The lowest BCUT2D eigenvalue weighted by molar-refractivity contribution is 1.00. The van der Waals surface area contributed by atoms with Crippen LogP contribution in [0.3, 0.4) is 0 Å². The zero-order valence-electron chi connectivity index (χ0n) is 20.2. The van der Waals surface area contributed by atoms with E-state index >= 15 is 0 Å². The minimum Gasteiger partial charge on any atom is -0.146 e. The van der Waals surface area contributed by atoms with Crippen LogP contribution >= 0.6 is 68.0 Å². The second kappa shape index (κ2) is 10.9. The first kappa shape index (κ1) is 24.5. The zero-order valence-corrected chi connectivity index (χ0v) is 25.1. The van der Waals surface area contributed by atoms with E-state index in [1.54, 1.807) is 0 Å². The van der Waals surface area contributed by atoms with Crippen LogP contribution in [0.4, 0.5) is 0 Å². The van der Waals surface area contributed by atoms with E-state index in [0.29, 0.717) is 0 Å². The van der Waals surface area contributed by atoms with Crippen LogP contribution in [0.5, 0.6) is 0 Å². The molecule has 0 bridgehead atoms. The summed E-state index contributed by atoms with van der Waals surface area (Å²) >= 11 is 11.6. The van der Waals surface area contributed by atoms with E-state index in [2.05, 4.69) is 86.6 Å². The fraction of sp³-hybridized carbons (Fsp3) is 0.200. The SMILES string of the molecule is Cc1ccc(CCc2ccc(-c3ccc(CCc4ccc(-c5ccc(-c6ccc(C)s6)s5)s4)s3)s2)s1. The van der Waals surface area contributed by atoms with Crippen molar-refractivity contribution in [2.45, 2.75) is 39.5 Å². The van der Waals surface area contributed by atoms with E-state index in [1.807, 2.05) is 68.0 Å². The van der Waals surface area contributed by atoms with Crippen molar-refractivity contribution in [3.63, 3.8) is 0 Å². The summed E-state index contributed by atoms with van der Waals surface area (Å²) in [5, 5.41) is 0. The minimum absolute atomic E-state index is 1.11. The third kappa shape index (κ3) is 5.69. The van der Waals surface area contributed by atoms with Crippen LogP contribution in [-0.2, 0) is 25.7 Å². The Morgan fingerprint density at radius 1 is 0.333 bits per heavy atom. The Kier molecular flexibility index (Phi) is 7.43. The molecule has 0 saturated carbocycles. The maximum absolute atomic E-state index is 2.33. The van der Waals surface area contributed by atoms with Gasteiger partial charge in [0.05, 0.1) is 0 Å². The van der Waals surface area contributed by atoms with Gasteiger partial charge in [0.25, 0.3) is 0 Å². The molecule has 0 spiro atoms. The van der Waals surface area contributed by atoms with Crippen molar-refractivity contribution in [1.82, 2.24) is 0 Å². The summed E-state index contributed by atoms with van der Waals surface area (Å²) in [4.78, 5) is 17.1. The molecule has 0 aliphatic rings. The molecular formula is C30H26S6. The highest BCUT2D eigenvalue weighted by atomic mass is 32.1. The fourth-order valence-corrected chi connectivity index (χ4v) is 10.3. The highest BCUT2D eigenvalue weighted by molar-refractivity contribution is 7.26. The average molecular weight is 579 g/mol. The quantitative estimate of drug-likeness (QED) is 0.160. The van der Waals surface area contributed by atoms with Crippen molar-refractivity contribution in [2.75, 3.05) is 0 Å². The van der Waals surface area contributed by atoms with Gasteiger partial charge in [-0.15, -0.1) is 68.0 Å². The lowest BCUT2D eigenvalue weighted by Gasteiger charge is -1.96. The molecule has 0 aromatic carbocycles. The molecule has 0 atom stereocenters. The molecule has 0 aliphatic carbocycles. The average Bonchev–Trinajstić information content (AvgIpc) is 3.68. The second-order valence-electron chi connectivity index (χ2n) is 8.88. The third-order valence-corrected chi connectivity index (χ3v) is 13.3. The van der Waals surface area contributed by atoms with Crippen molar-refractivity contribution in [3.05, 3.63) is 102 Å². The summed E-state index contributed by atoms with van der Waals surface area (Å²) < 4.78 is 0. The Morgan fingerprint density at radius 2 is 0.639 bits per heavy atom. The predicted octanol–water partition coefficient (Wildman–Crippen LogP) is 11.2. The van der Waals surface area contributed by atoms with Crippen molar-refractivity contribution in [2.24, 2.45) is 0 Å². The molecule has 6 aromatic heterocycles. The summed E-state index contributed by atoms with van der Waals surface area (Å²) in [6.45, 7) is 4.37. The van der Waals surface area contributed by atoms with Gasteiger partial charge in [0.1, 0.15) is 0 Å². The van der Waals surface area contributed by atoms with Gasteiger partial charge in [0, 0.05) is 58.5 Å². The summed E-state index contributed by atoms with van der Waals surface area (Å²) in [5.41, 5.74) is 0. The molecule has 0 aliphatic heterocycles. The number of hydrogen-bond acceptors (Lipinski definition) is 6. The topological polar surface area (TPSA) is 0 Å². The van der Waals surface area contributed by atoms with E-state index in [4.69, 9.17) is 0 Å². The molecule has 0 amide bonds. The Labute approximate surface area is 237 Å². The van der Waals surface area contributed by atoms with E-state index < -0.39 is 0 Å². The maximum Gasteiger partial charge on any atom is 0.0449 e. The van der Waals surface area contributed by atoms with E-state index in [-0.39, 0.29) is 0 Å². The maximum atomic E-state index is 2.33. The summed E-state index contributed by atoms with van der Waals surface area (Å²) in [7, 11) is 0. The molecule has 0 unspecified atom stereocenters. The Balaban J connectivity index is 1.05. The Hall–Kier alpha value is -1.80. The smallest absolute Gasteiger partial charge is 0.0449 e. The van der Waals surface area contributed by atoms with Crippen LogP contribution in [0.15, 0.2) is 72.8 Å². The molecular weight excluding hydrogens is 553 g/mol. The molecule has 0 nitrogen and oxygen atoms in total. The van der Waals surface area contributed by atoms with Crippen LogP contribution in [0.1, 0.15) is 29.3 Å². The third-order valence-electron chi connectivity index (χ3n) is 6.09. The fourth-order valence-electron chi connectivity index (χ4n) is 4.22. The molecule has 6 heterocycles. The van der Waals surface area contributed by atoms with Gasteiger partial charge in [-0.25, -0.2) is 0 Å². The molecule has 6 heteroatoms. The summed E-state index contributed by atoms with van der Waals surface area (Å²) in [6, 6.07) is 27.4. The van der Waals surface area contributed by atoms with Gasteiger partial charge in [0.2, 0.25) is 0 Å². The Bertz CT molecular complexity index is 1580. The van der Waals surface area contributed by atoms with Crippen molar-refractivity contribution in [3.8, 4) is 29.3 Å². The molecule has 0 fully saturated rings. The van der Waals surface area contributed by atoms with Gasteiger partial charge in [0.15, 0.2) is 0 Å². The normalized spacial score (nSPS) is 11.5. The number of thiophene rings is 6. The number of hydrogen-bond donors (Lipinski definition) is 0. The molecule has 6 aromatic rings. The minimum atomic E-state index is 1.11. The first-order chi connectivity index (χ1) is 17.6. The predicted molar refractivity (Wildman–Crippen MR) is 167 cm³/mol. The van der Waals surface area contributed by atoms with Crippen molar-refractivity contribution >= 4 is 68.0 Å². The zero-order chi connectivity index (χ0) is 24.5. The first-order valence-corrected chi connectivity index (χ1v) is 17.0. The lowest BCUT2D eigenvalue weighted by atomic mass is 10.2. The largest absolute Gasteiger partial charge is 0.146 e. The lowest BCUT2D eigenvalue weighted by Crippen LogP contribution is -1.83. The monoisotopic (exact) mass is 578 g/mol. The highest BCUT2D eigenvalue weighted by Crippen LogP contribution is 2.40. The van der Waals surface area contributed by atoms with Crippen molar-refractivity contribution < 1.29 is 0 Å². The van der Waals surface area contributed by atoms with Gasteiger partial charge in [-0.3, -0.25) is 0 Å². The highest BCUT2D eigenvalue weighted by Gasteiger charge is 2.11. The van der Waals surface area contributed by atoms with Gasteiger partial charge in [-0.1, -0.05) is 0 Å². The van der Waals surface area contributed by atoms with Crippen LogP contribution in [-0.4, -0.2) is 0 Å². The van der Waals surface area contributed by atoms with E-state index in [9.17, 15) is 0 Å². The van der Waals surface area contributed by atoms with Gasteiger partial charge >= 0.3 is 0 Å². The molecule has 0 saturated heterocycles. The molecule has 0 N–H and O–H groups in total. The van der Waals surface area contributed by atoms with Crippen molar-refractivity contribution in [1.29, 1.82) is 0 Å². The molecule has 182 valence electrons.